The molecular weight excluding hydrogens is 404 g/mol. The molecule has 1 saturated heterocycles. The van der Waals surface area contributed by atoms with Crippen LogP contribution in [-0.2, 0) is 0 Å². The lowest BCUT2D eigenvalue weighted by Gasteiger charge is -2.28. The van der Waals surface area contributed by atoms with E-state index >= 15 is 0 Å². The molecule has 4 aromatic rings. The molecule has 2 aromatic heterocycles. The summed E-state index contributed by atoms with van der Waals surface area (Å²) in [4.78, 5) is 18.9. The maximum absolute atomic E-state index is 11.0. The summed E-state index contributed by atoms with van der Waals surface area (Å²) in [6.45, 7) is 2.20. The highest BCUT2D eigenvalue weighted by atomic mass is 32.2. The van der Waals surface area contributed by atoms with Crippen LogP contribution >= 0.6 is 23.1 Å². The molecule has 0 saturated carbocycles. The van der Waals surface area contributed by atoms with Crippen LogP contribution in [0.5, 0.6) is 0 Å². The fourth-order valence-corrected chi connectivity index (χ4v) is 5.17. The van der Waals surface area contributed by atoms with E-state index in [9.17, 15) is 4.79 Å². The summed E-state index contributed by atoms with van der Waals surface area (Å²) in [5.74, 6) is 1.44. The minimum atomic E-state index is -0.932. The maximum Gasteiger partial charge on any atom is 0.335 e. The smallest absolute Gasteiger partial charge is 0.335 e. The normalized spacial score (nSPS) is 14.4. The van der Waals surface area contributed by atoms with Gasteiger partial charge in [0.15, 0.2) is 0 Å². The number of nitrogens with zero attached hydrogens (tertiary/aromatic N) is 4. The number of carbonyl (C=O) groups is 1. The zero-order valence-electron chi connectivity index (χ0n) is 15.5. The predicted molar refractivity (Wildman–Crippen MR) is 118 cm³/mol. The topological polar surface area (TPSA) is 70.7 Å². The second-order valence-electron chi connectivity index (χ2n) is 6.79. The fraction of sp³-hybridized carbons (Fsp3) is 0.190. The molecule has 8 heteroatoms. The van der Waals surface area contributed by atoms with E-state index in [2.05, 4.69) is 39.2 Å². The number of fused-ring (bicyclic) bond motifs is 1. The Morgan fingerprint density at radius 1 is 0.966 bits per heavy atom. The second-order valence-corrected chi connectivity index (χ2v) is 8.97. The largest absolute Gasteiger partial charge is 0.478 e. The van der Waals surface area contributed by atoms with Crippen molar-refractivity contribution < 1.29 is 9.90 Å². The van der Waals surface area contributed by atoms with E-state index < -0.39 is 5.97 Å². The molecule has 0 spiro atoms. The van der Waals surface area contributed by atoms with Gasteiger partial charge in [0.1, 0.15) is 5.01 Å². The molecule has 0 bridgehead atoms. The van der Waals surface area contributed by atoms with Gasteiger partial charge in [0.05, 0.1) is 17.5 Å². The first-order chi connectivity index (χ1) is 14.2. The minimum Gasteiger partial charge on any atom is -0.478 e. The molecule has 1 fully saturated rings. The Hall–Kier alpha value is -2.84. The molecule has 0 unspecified atom stereocenters. The Bertz CT molecular complexity index is 1130. The average molecular weight is 423 g/mol. The van der Waals surface area contributed by atoms with Crippen molar-refractivity contribution in [1.82, 2.24) is 14.6 Å². The van der Waals surface area contributed by atoms with Gasteiger partial charge in [-0.3, -0.25) is 0 Å². The van der Waals surface area contributed by atoms with Crippen molar-refractivity contribution in [3.8, 4) is 21.8 Å². The number of aromatic carboxylic acids is 1. The van der Waals surface area contributed by atoms with Gasteiger partial charge in [-0.1, -0.05) is 23.5 Å². The molecule has 146 valence electrons. The second kappa shape index (κ2) is 7.53. The molecule has 0 aliphatic carbocycles. The summed E-state index contributed by atoms with van der Waals surface area (Å²) >= 11 is 3.56. The van der Waals surface area contributed by atoms with Crippen molar-refractivity contribution in [2.75, 3.05) is 29.5 Å². The maximum atomic E-state index is 11.0. The average Bonchev–Trinajstić information content (AvgIpc) is 3.34. The highest BCUT2D eigenvalue weighted by Crippen LogP contribution is 2.30. The molecule has 3 heterocycles. The van der Waals surface area contributed by atoms with Crippen LogP contribution in [0.3, 0.4) is 0 Å². The van der Waals surface area contributed by atoms with Crippen LogP contribution in [0.1, 0.15) is 10.4 Å². The van der Waals surface area contributed by atoms with Gasteiger partial charge in [-0.2, -0.15) is 16.9 Å². The van der Waals surface area contributed by atoms with E-state index in [1.165, 1.54) is 17.2 Å². The lowest BCUT2D eigenvalue weighted by atomic mass is 10.1. The third kappa shape index (κ3) is 3.61. The van der Waals surface area contributed by atoms with Crippen molar-refractivity contribution in [3.63, 3.8) is 0 Å². The van der Waals surface area contributed by atoms with Gasteiger partial charge in [-0.25, -0.2) is 14.3 Å². The van der Waals surface area contributed by atoms with E-state index in [1.807, 2.05) is 18.0 Å². The lowest BCUT2D eigenvalue weighted by molar-refractivity contribution is 0.0697. The van der Waals surface area contributed by atoms with E-state index in [-0.39, 0.29) is 5.56 Å². The summed E-state index contributed by atoms with van der Waals surface area (Å²) in [6.07, 6.45) is 1.88. The number of hydrogen-bond acceptors (Lipinski definition) is 6. The van der Waals surface area contributed by atoms with Crippen LogP contribution < -0.4 is 4.90 Å². The van der Waals surface area contributed by atoms with Crippen molar-refractivity contribution in [3.05, 3.63) is 60.3 Å². The van der Waals surface area contributed by atoms with Crippen LogP contribution in [0.4, 0.5) is 5.69 Å². The Balaban J connectivity index is 1.38. The van der Waals surface area contributed by atoms with Crippen LogP contribution in [0.15, 0.2) is 54.7 Å². The molecule has 1 N–H and O–H groups in total. The monoisotopic (exact) mass is 422 g/mol. The molecule has 5 rings (SSSR count). The van der Waals surface area contributed by atoms with Crippen LogP contribution in [0.25, 0.3) is 26.8 Å². The first kappa shape index (κ1) is 18.2. The quantitative estimate of drug-likeness (QED) is 0.526. The SMILES string of the molecule is O=C(O)c1ccc(-c2cn3nc(-c4ccc(N5CCSCC5)cc4)sc3n2)cc1. The van der Waals surface area contributed by atoms with Gasteiger partial charge in [-0.15, -0.1) is 0 Å². The van der Waals surface area contributed by atoms with Gasteiger partial charge < -0.3 is 10.0 Å². The third-order valence-corrected chi connectivity index (χ3v) is 6.88. The molecule has 6 nitrogen and oxygen atoms in total. The predicted octanol–water partition coefficient (Wildman–Crippen LogP) is 4.38. The Morgan fingerprint density at radius 2 is 1.66 bits per heavy atom. The highest BCUT2D eigenvalue weighted by Gasteiger charge is 2.14. The molecule has 0 amide bonds. The summed E-state index contributed by atoms with van der Waals surface area (Å²) in [6, 6.07) is 15.3. The molecular formula is C21H18N4O2S2. The highest BCUT2D eigenvalue weighted by molar-refractivity contribution is 7.99. The molecule has 2 aromatic carbocycles. The molecule has 0 radical (unpaired) electrons. The number of anilines is 1. The number of thioether (sulfide) groups is 1. The number of aromatic nitrogens is 3. The van der Waals surface area contributed by atoms with E-state index in [1.54, 1.807) is 40.1 Å². The zero-order valence-corrected chi connectivity index (χ0v) is 17.1. The number of imidazole rings is 1. The molecule has 29 heavy (non-hydrogen) atoms. The number of carboxylic acid groups (broad SMARTS) is 1. The number of rotatable bonds is 4. The van der Waals surface area contributed by atoms with Gasteiger partial charge in [-0.05, 0) is 36.4 Å². The Kier molecular flexibility index (Phi) is 4.73. The zero-order chi connectivity index (χ0) is 19.8. The van der Waals surface area contributed by atoms with Crippen molar-refractivity contribution in [2.45, 2.75) is 0 Å². The van der Waals surface area contributed by atoms with Gasteiger partial charge >= 0.3 is 5.97 Å². The van der Waals surface area contributed by atoms with Crippen molar-refractivity contribution in [1.29, 1.82) is 0 Å². The molecule has 1 aliphatic heterocycles. The minimum absolute atomic E-state index is 0.266. The van der Waals surface area contributed by atoms with Crippen LogP contribution in [0.2, 0.25) is 0 Å². The number of carboxylic acids is 1. The van der Waals surface area contributed by atoms with E-state index in [0.717, 1.165) is 39.9 Å². The van der Waals surface area contributed by atoms with Gasteiger partial charge in [0.25, 0.3) is 0 Å². The summed E-state index contributed by atoms with van der Waals surface area (Å²) in [7, 11) is 0. The third-order valence-electron chi connectivity index (χ3n) is 4.96. The Morgan fingerprint density at radius 3 is 2.31 bits per heavy atom. The first-order valence-corrected chi connectivity index (χ1v) is 11.3. The lowest BCUT2D eigenvalue weighted by Crippen LogP contribution is -2.32. The van der Waals surface area contributed by atoms with Crippen molar-refractivity contribution in [2.24, 2.45) is 0 Å². The molecule has 1 aliphatic rings. The van der Waals surface area contributed by atoms with Crippen molar-refractivity contribution >= 4 is 39.7 Å². The van der Waals surface area contributed by atoms with Crippen LogP contribution in [-0.4, -0.2) is 50.3 Å². The van der Waals surface area contributed by atoms with Crippen LogP contribution in [0, 0.1) is 0 Å². The van der Waals surface area contributed by atoms with E-state index in [0.29, 0.717) is 0 Å². The number of benzene rings is 2. The first-order valence-electron chi connectivity index (χ1n) is 9.30. The Labute approximate surface area is 175 Å². The van der Waals surface area contributed by atoms with E-state index in [4.69, 9.17) is 5.11 Å². The standard InChI is InChI=1S/C21H18N4O2S2/c26-20(27)16-3-1-14(2-4-16)18-13-25-21(22-18)29-19(23-25)15-5-7-17(8-6-15)24-9-11-28-12-10-24/h1-8,13H,9-12H2,(H,26,27). The summed E-state index contributed by atoms with van der Waals surface area (Å²) in [5, 5.41) is 14.6. The summed E-state index contributed by atoms with van der Waals surface area (Å²) in [5.41, 5.74) is 4.27. The summed E-state index contributed by atoms with van der Waals surface area (Å²) < 4.78 is 1.79. The fourth-order valence-electron chi connectivity index (χ4n) is 3.38. The molecule has 0 atom stereocenters. The number of hydrogen-bond donors (Lipinski definition) is 1. The van der Waals surface area contributed by atoms with Gasteiger partial charge in [0.2, 0.25) is 4.96 Å². The van der Waals surface area contributed by atoms with Gasteiger partial charge in [0, 0.05) is 41.4 Å².